The number of carbonyl (C=O) groups excluding carboxylic acids is 1. The maximum atomic E-state index is 11.2. The molecule has 2 heterocycles. The van der Waals surface area contributed by atoms with Gasteiger partial charge in [-0.2, -0.15) is 0 Å². The Hall–Kier alpha value is -1.62. The SMILES string of the molecule is NCc1ccncc1N1CCCC(C(N)=O)C1. The molecule has 0 spiro atoms. The van der Waals surface area contributed by atoms with E-state index in [1.54, 1.807) is 6.20 Å². The third-order valence-electron chi connectivity index (χ3n) is 3.27. The molecule has 0 saturated carbocycles. The lowest BCUT2D eigenvalue weighted by Gasteiger charge is -2.33. The lowest BCUT2D eigenvalue weighted by atomic mass is 9.96. The van der Waals surface area contributed by atoms with Gasteiger partial charge in [-0.15, -0.1) is 0 Å². The van der Waals surface area contributed by atoms with E-state index in [1.807, 2.05) is 12.3 Å². The molecule has 5 nitrogen and oxygen atoms in total. The molecule has 1 unspecified atom stereocenters. The van der Waals surface area contributed by atoms with Crippen molar-refractivity contribution in [3.63, 3.8) is 0 Å². The second kappa shape index (κ2) is 5.14. The summed E-state index contributed by atoms with van der Waals surface area (Å²) in [5, 5.41) is 0. The van der Waals surface area contributed by atoms with Gasteiger partial charge in [0.1, 0.15) is 0 Å². The largest absolute Gasteiger partial charge is 0.369 e. The number of hydrogen-bond donors (Lipinski definition) is 2. The van der Waals surface area contributed by atoms with Crippen molar-refractivity contribution in [2.24, 2.45) is 17.4 Å². The van der Waals surface area contributed by atoms with Crippen molar-refractivity contribution in [2.75, 3.05) is 18.0 Å². The van der Waals surface area contributed by atoms with Crippen molar-refractivity contribution in [1.82, 2.24) is 4.98 Å². The Kier molecular flexibility index (Phi) is 3.58. The van der Waals surface area contributed by atoms with E-state index < -0.39 is 0 Å². The third kappa shape index (κ3) is 2.55. The predicted octanol–water partition coefficient (Wildman–Crippen LogP) is 0.242. The van der Waals surface area contributed by atoms with Crippen LogP contribution < -0.4 is 16.4 Å². The minimum absolute atomic E-state index is 0.0606. The first kappa shape index (κ1) is 11.9. The maximum absolute atomic E-state index is 11.2. The van der Waals surface area contributed by atoms with E-state index in [2.05, 4.69) is 9.88 Å². The van der Waals surface area contributed by atoms with E-state index in [4.69, 9.17) is 11.5 Å². The first-order valence-electron chi connectivity index (χ1n) is 5.89. The van der Waals surface area contributed by atoms with Crippen LogP contribution in [-0.4, -0.2) is 24.0 Å². The summed E-state index contributed by atoms with van der Waals surface area (Å²) in [6.45, 7) is 2.09. The number of aromatic nitrogens is 1. The molecule has 0 aromatic carbocycles. The van der Waals surface area contributed by atoms with Gasteiger partial charge in [0.15, 0.2) is 0 Å². The van der Waals surface area contributed by atoms with Crippen LogP contribution in [0.2, 0.25) is 0 Å². The lowest BCUT2D eigenvalue weighted by Crippen LogP contribution is -2.41. The number of piperidine rings is 1. The first-order chi connectivity index (χ1) is 8.22. The van der Waals surface area contributed by atoms with Crippen LogP contribution in [-0.2, 0) is 11.3 Å². The van der Waals surface area contributed by atoms with E-state index in [9.17, 15) is 4.79 Å². The summed E-state index contributed by atoms with van der Waals surface area (Å²) >= 11 is 0. The molecule has 1 aromatic heterocycles. The van der Waals surface area contributed by atoms with Crippen molar-refractivity contribution in [3.8, 4) is 0 Å². The summed E-state index contributed by atoms with van der Waals surface area (Å²) in [6.07, 6.45) is 5.41. The fourth-order valence-electron chi connectivity index (χ4n) is 2.30. The minimum Gasteiger partial charge on any atom is -0.369 e. The summed E-state index contributed by atoms with van der Waals surface area (Å²) in [5.74, 6) is -0.275. The normalized spacial score (nSPS) is 20.3. The van der Waals surface area contributed by atoms with Gasteiger partial charge in [0.25, 0.3) is 0 Å². The van der Waals surface area contributed by atoms with E-state index in [0.717, 1.165) is 30.6 Å². The quantitative estimate of drug-likeness (QED) is 0.784. The summed E-state index contributed by atoms with van der Waals surface area (Å²) in [6, 6.07) is 1.92. The summed E-state index contributed by atoms with van der Waals surface area (Å²) < 4.78 is 0. The van der Waals surface area contributed by atoms with Gasteiger partial charge >= 0.3 is 0 Å². The van der Waals surface area contributed by atoms with Crippen molar-refractivity contribution in [2.45, 2.75) is 19.4 Å². The monoisotopic (exact) mass is 234 g/mol. The molecule has 17 heavy (non-hydrogen) atoms. The highest BCUT2D eigenvalue weighted by Gasteiger charge is 2.25. The van der Waals surface area contributed by atoms with Gasteiger partial charge in [-0.3, -0.25) is 9.78 Å². The van der Waals surface area contributed by atoms with Crippen LogP contribution >= 0.6 is 0 Å². The van der Waals surface area contributed by atoms with Crippen LogP contribution in [0, 0.1) is 5.92 Å². The average Bonchev–Trinajstić information content (AvgIpc) is 2.39. The molecule has 1 aliphatic heterocycles. The molecule has 1 saturated heterocycles. The number of nitrogens with two attached hydrogens (primary N) is 2. The Morgan fingerprint density at radius 3 is 3.12 bits per heavy atom. The zero-order valence-electron chi connectivity index (χ0n) is 9.80. The van der Waals surface area contributed by atoms with Gasteiger partial charge in [0.05, 0.1) is 17.8 Å². The summed E-state index contributed by atoms with van der Waals surface area (Å²) in [4.78, 5) is 17.5. The van der Waals surface area contributed by atoms with Crippen molar-refractivity contribution in [3.05, 3.63) is 24.0 Å². The topological polar surface area (TPSA) is 85.2 Å². The average molecular weight is 234 g/mol. The predicted molar refractivity (Wildman–Crippen MR) is 66.3 cm³/mol. The minimum atomic E-state index is -0.215. The van der Waals surface area contributed by atoms with Crippen LogP contribution in [0.4, 0.5) is 5.69 Å². The molecule has 5 heteroatoms. The second-order valence-electron chi connectivity index (χ2n) is 4.40. The zero-order valence-corrected chi connectivity index (χ0v) is 9.80. The molecule has 4 N–H and O–H groups in total. The molecule has 1 fully saturated rings. The van der Waals surface area contributed by atoms with Crippen LogP contribution in [0.3, 0.4) is 0 Å². The number of amides is 1. The number of primary amides is 1. The number of anilines is 1. The number of pyridine rings is 1. The van der Waals surface area contributed by atoms with Gasteiger partial charge in [-0.1, -0.05) is 0 Å². The molecular formula is C12H18N4O. The highest BCUT2D eigenvalue weighted by Crippen LogP contribution is 2.25. The summed E-state index contributed by atoms with van der Waals surface area (Å²) in [7, 11) is 0. The molecule has 2 rings (SSSR count). The van der Waals surface area contributed by atoms with Crippen LogP contribution in [0.25, 0.3) is 0 Å². The Bertz CT molecular complexity index is 407. The van der Waals surface area contributed by atoms with Gasteiger partial charge < -0.3 is 16.4 Å². The maximum Gasteiger partial charge on any atom is 0.222 e. The smallest absolute Gasteiger partial charge is 0.222 e. The Labute approximate surface area is 101 Å². The van der Waals surface area contributed by atoms with Crippen molar-refractivity contribution < 1.29 is 4.79 Å². The first-order valence-corrected chi connectivity index (χ1v) is 5.89. The Balaban J connectivity index is 2.18. The van der Waals surface area contributed by atoms with Crippen LogP contribution in [0.5, 0.6) is 0 Å². The molecule has 1 aromatic rings. The zero-order chi connectivity index (χ0) is 12.3. The third-order valence-corrected chi connectivity index (χ3v) is 3.27. The number of rotatable bonds is 3. The van der Waals surface area contributed by atoms with E-state index >= 15 is 0 Å². The Morgan fingerprint density at radius 1 is 1.59 bits per heavy atom. The highest BCUT2D eigenvalue weighted by molar-refractivity contribution is 5.77. The summed E-state index contributed by atoms with van der Waals surface area (Å²) in [5.41, 5.74) is 13.2. The number of hydrogen-bond acceptors (Lipinski definition) is 4. The molecule has 92 valence electrons. The molecule has 0 aliphatic carbocycles. The fraction of sp³-hybridized carbons (Fsp3) is 0.500. The van der Waals surface area contributed by atoms with E-state index in [1.165, 1.54) is 0 Å². The second-order valence-corrected chi connectivity index (χ2v) is 4.40. The van der Waals surface area contributed by atoms with Gasteiger partial charge in [-0.25, -0.2) is 0 Å². The number of carbonyl (C=O) groups is 1. The molecule has 1 amide bonds. The van der Waals surface area contributed by atoms with Gasteiger partial charge in [0.2, 0.25) is 5.91 Å². The standard InChI is InChI=1S/C12H18N4O/c13-6-9-3-4-15-7-11(9)16-5-1-2-10(8-16)12(14)17/h3-4,7,10H,1-2,5-6,8,13H2,(H2,14,17). The fourth-order valence-corrected chi connectivity index (χ4v) is 2.30. The number of nitrogens with zero attached hydrogens (tertiary/aromatic N) is 2. The Morgan fingerprint density at radius 2 is 2.41 bits per heavy atom. The molecule has 1 aliphatic rings. The van der Waals surface area contributed by atoms with Gasteiger partial charge in [-0.05, 0) is 24.5 Å². The van der Waals surface area contributed by atoms with Crippen LogP contribution in [0.15, 0.2) is 18.5 Å². The van der Waals surface area contributed by atoms with E-state index in [0.29, 0.717) is 13.1 Å². The van der Waals surface area contributed by atoms with E-state index in [-0.39, 0.29) is 11.8 Å². The van der Waals surface area contributed by atoms with Crippen molar-refractivity contribution >= 4 is 11.6 Å². The molecule has 1 atom stereocenters. The molecule has 0 bridgehead atoms. The molecule has 0 radical (unpaired) electrons. The van der Waals surface area contributed by atoms with Gasteiger partial charge in [0, 0.05) is 25.8 Å². The highest BCUT2D eigenvalue weighted by atomic mass is 16.1. The lowest BCUT2D eigenvalue weighted by molar-refractivity contribution is -0.122. The molecular weight excluding hydrogens is 216 g/mol. The van der Waals surface area contributed by atoms with Crippen molar-refractivity contribution in [1.29, 1.82) is 0 Å². The van der Waals surface area contributed by atoms with Crippen LogP contribution in [0.1, 0.15) is 18.4 Å².